The quantitative estimate of drug-likeness (QED) is 0.373. The number of methoxy groups -OCH3 is 1. The molecule has 0 aromatic heterocycles. The second kappa shape index (κ2) is 11.0. The number of carbonyl (C=O) groups is 2. The number of carbonyl (C=O) groups excluding carboxylic acids is 2. The smallest absolute Gasteiger partial charge is 0.258 e. The van der Waals surface area contributed by atoms with E-state index in [4.69, 9.17) is 4.74 Å². The minimum atomic E-state index is -0.112. The molecule has 0 aliphatic heterocycles. The molecule has 170 valence electrons. The number of hydrogen-bond donors (Lipinski definition) is 1. The molecular weight excluding hydrogens is 424 g/mol. The molecule has 4 aromatic rings. The van der Waals surface area contributed by atoms with Gasteiger partial charge in [0.25, 0.3) is 5.91 Å². The van der Waals surface area contributed by atoms with Gasteiger partial charge in [0.15, 0.2) is 0 Å². The zero-order chi connectivity index (χ0) is 23.8. The van der Waals surface area contributed by atoms with Gasteiger partial charge >= 0.3 is 0 Å². The minimum Gasteiger partial charge on any atom is -0.497 e. The third-order valence-corrected chi connectivity index (χ3v) is 5.44. The molecule has 0 saturated heterocycles. The molecule has 0 atom stereocenters. The molecule has 0 fully saturated rings. The van der Waals surface area contributed by atoms with Gasteiger partial charge in [0.2, 0.25) is 5.91 Å². The Labute approximate surface area is 199 Å². The zero-order valence-corrected chi connectivity index (χ0v) is 19.0. The first-order valence-corrected chi connectivity index (χ1v) is 11.1. The molecule has 0 aliphatic rings. The van der Waals surface area contributed by atoms with E-state index in [0.29, 0.717) is 17.8 Å². The fourth-order valence-electron chi connectivity index (χ4n) is 3.64. The van der Waals surface area contributed by atoms with Crippen LogP contribution in [0.1, 0.15) is 21.5 Å². The Morgan fingerprint density at radius 2 is 1.35 bits per heavy atom. The first-order valence-electron chi connectivity index (χ1n) is 11.1. The van der Waals surface area contributed by atoms with E-state index in [1.165, 1.54) is 0 Å². The lowest BCUT2D eigenvalue weighted by molar-refractivity contribution is -0.115. The molecule has 5 nitrogen and oxygen atoms in total. The van der Waals surface area contributed by atoms with E-state index < -0.39 is 0 Å². The minimum absolute atomic E-state index is 0.0746. The van der Waals surface area contributed by atoms with Gasteiger partial charge in [-0.3, -0.25) is 9.59 Å². The molecule has 1 N–H and O–H groups in total. The van der Waals surface area contributed by atoms with Crippen LogP contribution in [0, 0.1) is 0 Å². The van der Waals surface area contributed by atoms with Gasteiger partial charge in [0, 0.05) is 16.9 Å². The molecule has 0 unspecified atom stereocenters. The summed E-state index contributed by atoms with van der Waals surface area (Å²) >= 11 is 0. The number of ether oxygens (including phenoxy) is 1. The van der Waals surface area contributed by atoms with Crippen molar-refractivity contribution in [1.29, 1.82) is 0 Å². The Morgan fingerprint density at radius 3 is 1.97 bits per heavy atom. The summed E-state index contributed by atoms with van der Waals surface area (Å²) in [6, 6.07) is 33.9. The largest absolute Gasteiger partial charge is 0.497 e. The summed E-state index contributed by atoms with van der Waals surface area (Å²) in [6.45, 7) is 0.450. The molecule has 5 heteroatoms. The molecule has 0 radical (unpaired) electrons. The second-order valence-electron chi connectivity index (χ2n) is 7.86. The highest BCUT2D eigenvalue weighted by molar-refractivity contribution is 6.06. The topological polar surface area (TPSA) is 58.6 Å². The molecule has 4 aromatic carbocycles. The summed E-state index contributed by atoms with van der Waals surface area (Å²) < 4.78 is 5.14. The summed E-state index contributed by atoms with van der Waals surface area (Å²) in [5.41, 5.74) is 4.01. The zero-order valence-electron chi connectivity index (χ0n) is 19.0. The Bertz CT molecular complexity index is 1220. The molecule has 2 amide bonds. The molecule has 4 rings (SSSR count). The number of benzene rings is 4. The van der Waals surface area contributed by atoms with E-state index in [1.54, 1.807) is 36.3 Å². The van der Waals surface area contributed by atoms with Gasteiger partial charge in [-0.25, -0.2) is 0 Å². The second-order valence-corrected chi connectivity index (χ2v) is 7.86. The van der Waals surface area contributed by atoms with Crippen LogP contribution in [0.2, 0.25) is 0 Å². The van der Waals surface area contributed by atoms with Crippen LogP contribution < -0.4 is 15.0 Å². The van der Waals surface area contributed by atoms with Crippen LogP contribution in [0.3, 0.4) is 0 Å². The van der Waals surface area contributed by atoms with Crippen molar-refractivity contribution >= 4 is 23.2 Å². The molecule has 0 aliphatic carbocycles. The molecule has 0 spiro atoms. The average Bonchev–Trinajstić information content (AvgIpc) is 2.89. The Balaban J connectivity index is 1.48. The van der Waals surface area contributed by atoms with E-state index in [0.717, 1.165) is 22.6 Å². The summed E-state index contributed by atoms with van der Waals surface area (Å²) in [5.74, 6) is 0.549. The normalized spacial score (nSPS) is 10.4. The van der Waals surface area contributed by atoms with E-state index in [2.05, 4.69) is 5.32 Å². The maximum atomic E-state index is 13.3. The van der Waals surface area contributed by atoms with Crippen LogP contribution in [0.15, 0.2) is 109 Å². The van der Waals surface area contributed by atoms with Gasteiger partial charge in [-0.1, -0.05) is 60.7 Å². The number of amides is 2. The summed E-state index contributed by atoms with van der Waals surface area (Å²) in [6.07, 6.45) is 0.234. The van der Waals surface area contributed by atoms with Crippen molar-refractivity contribution in [3.8, 4) is 5.75 Å². The maximum Gasteiger partial charge on any atom is 0.258 e. The fraction of sp³-hybridized carbons (Fsp3) is 0.103. The van der Waals surface area contributed by atoms with Gasteiger partial charge in [-0.05, 0) is 59.7 Å². The van der Waals surface area contributed by atoms with Gasteiger partial charge in [-0.2, -0.15) is 0 Å². The number of hydrogen-bond acceptors (Lipinski definition) is 3. The monoisotopic (exact) mass is 450 g/mol. The third-order valence-electron chi connectivity index (χ3n) is 5.44. The fourth-order valence-corrected chi connectivity index (χ4v) is 3.64. The van der Waals surface area contributed by atoms with E-state index >= 15 is 0 Å². The van der Waals surface area contributed by atoms with Crippen LogP contribution >= 0.6 is 0 Å². The third kappa shape index (κ3) is 5.90. The number of nitrogens with zero attached hydrogens (tertiary/aromatic N) is 1. The predicted molar refractivity (Wildman–Crippen MR) is 135 cm³/mol. The number of rotatable bonds is 8. The Morgan fingerprint density at radius 1 is 0.735 bits per heavy atom. The summed E-state index contributed by atoms with van der Waals surface area (Å²) in [5, 5.41) is 2.89. The first kappa shape index (κ1) is 22.8. The van der Waals surface area contributed by atoms with Crippen molar-refractivity contribution in [3.05, 3.63) is 126 Å². The first-order chi connectivity index (χ1) is 16.6. The highest BCUT2D eigenvalue weighted by atomic mass is 16.5. The van der Waals surface area contributed by atoms with Crippen LogP contribution in [-0.2, 0) is 17.8 Å². The van der Waals surface area contributed by atoms with Crippen molar-refractivity contribution in [2.24, 2.45) is 0 Å². The lowest BCUT2D eigenvalue weighted by Gasteiger charge is -2.23. The highest BCUT2D eigenvalue weighted by Crippen LogP contribution is 2.22. The summed E-state index contributed by atoms with van der Waals surface area (Å²) in [7, 11) is 1.60. The van der Waals surface area contributed by atoms with Gasteiger partial charge in [0.1, 0.15) is 5.75 Å². The predicted octanol–water partition coefficient (Wildman–Crippen LogP) is 5.72. The van der Waals surface area contributed by atoms with Crippen molar-refractivity contribution in [2.45, 2.75) is 13.0 Å². The van der Waals surface area contributed by atoms with Crippen LogP contribution in [0.25, 0.3) is 0 Å². The Kier molecular flexibility index (Phi) is 7.35. The lowest BCUT2D eigenvalue weighted by atomic mass is 10.1. The summed E-state index contributed by atoms with van der Waals surface area (Å²) in [4.78, 5) is 27.6. The maximum absolute atomic E-state index is 13.3. The molecule has 0 heterocycles. The van der Waals surface area contributed by atoms with Crippen molar-refractivity contribution in [3.63, 3.8) is 0 Å². The SMILES string of the molecule is COc1ccc(NC(=O)Cc2ccc(N(Cc3ccccc3)C(=O)c3ccccc3)cc2)cc1. The number of anilines is 2. The molecule has 34 heavy (non-hydrogen) atoms. The number of nitrogens with one attached hydrogen (secondary N) is 1. The highest BCUT2D eigenvalue weighted by Gasteiger charge is 2.18. The van der Waals surface area contributed by atoms with Crippen LogP contribution in [0.4, 0.5) is 11.4 Å². The Hall–Kier alpha value is -4.38. The average molecular weight is 451 g/mol. The van der Waals surface area contributed by atoms with Gasteiger partial charge in [-0.15, -0.1) is 0 Å². The van der Waals surface area contributed by atoms with Crippen LogP contribution in [-0.4, -0.2) is 18.9 Å². The van der Waals surface area contributed by atoms with E-state index in [1.807, 2.05) is 84.9 Å². The molecule has 0 bridgehead atoms. The molecule has 0 saturated carbocycles. The lowest BCUT2D eigenvalue weighted by Crippen LogP contribution is -2.30. The van der Waals surface area contributed by atoms with E-state index in [9.17, 15) is 9.59 Å². The van der Waals surface area contributed by atoms with Gasteiger partial charge < -0.3 is 15.0 Å². The van der Waals surface area contributed by atoms with Crippen LogP contribution in [0.5, 0.6) is 5.75 Å². The van der Waals surface area contributed by atoms with Crippen molar-refractivity contribution in [2.75, 3.05) is 17.3 Å². The molecular formula is C29H26N2O3. The standard InChI is InChI=1S/C29H26N2O3/c1-34-27-18-14-25(15-19-27)30-28(32)20-22-12-16-26(17-13-22)31(21-23-8-4-2-5-9-23)29(33)24-10-6-3-7-11-24/h2-19H,20-21H2,1H3,(H,30,32). The van der Waals surface area contributed by atoms with Crippen molar-refractivity contribution < 1.29 is 14.3 Å². The van der Waals surface area contributed by atoms with Crippen molar-refractivity contribution in [1.82, 2.24) is 0 Å². The van der Waals surface area contributed by atoms with E-state index in [-0.39, 0.29) is 18.2 Å². The van der Waals surface area contributed by atoms with Gasteiger partial charge in [0.05, 0.1) is 20.1 Å².